The van der Waals surface area contributed by atoms with Crippen LogP contribution >= 0.6 is 11.3 Å². The number of carbonyl (C=O) groups is 1. The van der Waals surface area contributed by atoms with Gasteiger partial charge in [0.15, 0.2) is 4.80 Å². The molecule has 0 radical (unpaired) electrons. The molecule has 0 fully saturated rings. The van der Waals surface area contributed by atoms with E-state index in [0.29, 0.717) is 27.2 Å². The molecule has 0 aliphatic carbocycles. The lowest BCUT2D eigenvalue weighted by atomic mass is 9.96. The molecule has 1 aliphatic heterocycles. The standard InChI is InChI=1S/C26H24N2O4S/c1-4-15-32-20-13-11-18(12-14-20)16-21-24(29)28-23(19-9-7-6-8-10-19)22(25(30)31-5-2)17(3)27-26(28)33-21/h4,6-14,16,23H,1,5,15H2,2-3H3/t23-/m0/s1. The number of fused-ring (bicyclic) bond motifs is 1. The fourth-order valence-electron chi connectivity index (χ4n) is 3.71. The van der Waals surface area contributed by atoms with Crippen LogP contribution in [-0.4, -0.2) is 23.8 Å². The van der Waals surface area contributed by atoms with E-state index >= 15 is 0 Å². The Balaban J connectivity index is 1.83. The molecule has 0 unspecified atom stereocenters. The first-order valence-electron chi connectivity index (χ1n) is 10.6. The Morgan fingerprint density at radius 2 is 1.91 bits per heavy atom. The van der Waals surface area contributed by atoms with Crippen molar-refractivity contribution >= 4 is 23.4 Å². The second kappa shape index (κ2) is 9.83. The Hall–Kier alpha value is -3.71. The van der Waals surface area contributed by atoms with E-state index in [1.54, 1.807) is 24.5 Å². The summed E-state index contributed by atoms with van der Waals surface area (Å²) in [5, 5.41) is 0. The van der Waals surface area contributed by atoms with Crippen molar-refractivity contribution in [3.8, 4) is 5.75 Å². The smallest absolute Gasteiger partial charge is 0.338 e. The predicted octanol–water partition coefficient (Wildman–Crippen LogP) is 3.36. The summed E-state index contributed by atoms with van der Waals surface area (Å²) in [5.74, 6) is 0.268. The van der Waals surface area contributed by atoms with Crippen molar-refractivity contribution in [1.82, 2.24) is 4.57 Å². The topological polar surface area (TPSA) is 69.9 Å². The summed E-state index contributed by atoms with van der Waals surface area (Å²) in [7, 11) is 0. The summed E-state index contributed by atoms with van der Waals surface area (Å²) in [4.78, 5) is 31.5. The number of aromatic nitrogens is 1. The van der Waals surface area contributed by atoms with E-state index < -0.39 is 12.0 Å². The molecule has 1 aromatic heterocycles. The lowest BCUT2D eigenvalue weighted by molar-refractivity contribution is -0.139. The van der Waals surface area contributed by atoms with Gasteiger partial charge in [0.1, 0.15) is 12.4 Å². The molecule has 0 spiro atoms. The van der Waals surface area contributed by atoms with Crippen molar-refractivity contribution < 1.29 is 14.3 Å². The van der Waals surface area contributed by atoms with Gasteiger partial charge in [-0.25, -0.2) is 9.79 Å². The van der Waals surface area contributed by atoms with Crippen LogP contribution in [0.1, 0.15) is 31.0 Å². The molecule has 0 saturated carbocycles. The number of carbonyl (C=O) groups excluding carboxylic acids is 1. The maximum absolute atomic E-state index is 13.5. The molecule has 3 aromatic rings. The molecule has 0 saturated heterocycles. The predicted molar refractivity (Wildman–Crippen MR) is 129 cm³/mol. The first kappa shape index (κ1) is 22.5. The van der Waals surface area contributed by atoms with Gasteiger partial charge in [-0.1, -0.05) is 66.5 Å². The van der Waals surface area contributed by atoms with Gasteiger partial charge in [0.05, 0.1) is 28.5 Å². The molecule has 33 heavy (non-hydrogen) atoms. The molecule has 7 heteroatoms. The number of hydrogen-bond donors (Lipinski definition) is 0. The molecule has 0 N–H and O–H groups in total. The number of benzene rings is 2. The fourth-order valence-corrected chi connectivity index (χ4v) is 4.76. The average Bonchev–Trinajstić information content (AvgIpc) is 3.12. The van der Waals surface area contributed by atoms with Crippen LogP contribution in [0.15, 0.2) is 88.3 Å². The Morgan fingerprint density at radius 3 is 2.58 bits per heavy atom. The first-order valence-corrected chi connectivity index (χ1v) is 11.4. The zero-order valence-electron chi connectivity index (χ0n) is 18.5. The molecule has 1 atom stereocenters. The van der Waals surface area contributed by atoms with E-state index in [1.807, 2.05) is 60.7 Å². The minimum absolute atomic E-state index is 0.200. The van der Waals surface area contributed by atoms with Gasteiger partial charge in [0.2, 0.25) is 0 Å². The third-order valence-corrected chi connectivity index (χ3v) is 6.16. The zero-order valence-corrected chi connectivity index (χ0v) is 19.3. The third-order valence-electron chi connectivity index (χ3n) is 5.18. The van der Waals surface area contributed by atoms with Crippen molar-refractivity contribution in [3.05, 3.63) is 109 Å². The molecule has 2 heterocycles. The quantitative estimate of drug-likeness (QED) is 0.401. The Labute approximate surface area is 195 Å². The van der Waals surface area contributed by atoms with Gasteiger partial charge in [-0.05, 0) is 43.2 Å². The Kier molecular flexibility index (Phi) is 6.70. The average molecular weight is 461 g/mol. The maximum Gasteiger partial charge on any atom is 0.338 e. The lowest BCUT2D eigenvalue weighted by Crippen LogP contribution is -2.39. The summed E-state index contributed by atoms with van der Waals surface area (Å²) < 4.78 is 12.9. The molecule has 0 amide bonds. The van der Waals surface area contributed by atoms with Crippen LogP contribution in [0, 0.1) is 0 Å². The number of thiazole rings is 1. The number of nitrogens with zero attached hydrogens (tertiary/aromatic N) is 2. The van der Waals surface area contributed by atoms with Gasteiger partial charge in [-0.15, -0.1) is 0 Å². The minimum atomic E-state index is -0.599. The van der Waals surface area contributed by atoms with Crippen molar-refractivity contribution in [1.29, 1.82) is 0 Å². The maximum atomic E-state index is 13.5. The van der Waals surface area contributed by atoms with Crippen LogP contribution in [0.4, 0.5) is 0 Å². The highest BCUT2D eigenvalue weighted by Crippen LogP contribution is 2.30. The van der Waals surface area contributed by atoms with Crippen LogP contribution in [-0.2, 0) is 9.53 Å². The van der Waals surface area contributed by atoms with E-state index in [9.17, 15) is 9.59 Å². The molecular weight excluding hydrogens is 436 g/mol. The number of ether oxygens (including phenoxy) is 2. The van der Waals surface area contributed by atoms with Crippen LogP contribution in [0.2, 0.25) is 0 Å². The molecule has 168 valence electrons. The number of rotatable bonds is 7. The lowest BCUT2D eigenvalue weighted by Gasteiger charge is -2.24. The summed E-state index contributed by atoms with van der Waals surface area (Å²) in [5.41, 5.74) is 2.42. The van der Waals surface area contributed by atoms with Crippen molar-refractivity contribution in [2.45, 2.75) is 19.9 Å². The summed E-state index contributed by atoms with van der Waals surface area (Å²) in [6.07, 6.45) is 3.51. The number of esters is 1. The van der Waals surface area contributed by atoms with Crippen LogP contribution < -0.4 is 19.6 Å². The van der Waals surface area contributed by atoms with E-state index in [4.69, 9.17) is 9.47 Å². The Morgan fingerprint density at radius 1 is 1.18 bits per heavy atom. The largest absolute Gasteiger partial charge is 0.490 e. The van der Waals surface area contributed by atoms with Crippen molar-refractivity contribution in [3.63, 3.8) is 0 Å². The molecule has 6 nitrogen and oxygen atoms in total. The molecule has 4 rings (SSSR count). The third kappa shape index (κ3) is 4.59. The van der Waals surface area contributed by atoms with Gasteiger partial charge in [0, 0.05) is 0 Å². The molecule has 1 aliphatic rings. The molecule has 2 aromatic carbocycles. The van der Waals surface area contributed by atoms with Gasteiger partial charge in [0.25, 0.3) is 5.56 Å². The second-order valence-corrected chi connectivity index (χ2v) is 8.39. The van der Waals surface area contributed by atoms with Crippen LogP contribution in [0.3, 0.4) is 0 Å². The zero-order chi connectivity index (χ0) is 23.4. The SMILES string of the molecule is C=CCOc1ccc(C=c2sc3n(c2=O)[C@@H](c2ccccc2)C(C(=O)OCC)=C(C)N=3)cc1. The second-order valence-electron chi connectivity index (χ2n) is 7.38. The number of hydrogen-bond acceptors (Lipinski definition) is 6. The van der Waals surface area contributed by atoms with Crippen LogP contribution in [0.25, 0.3) is 6.08 Å². The Bertz CT molecular complexity index is 1380. The van der Waals surface area contributed by atoms with Crippen molar-refractivity contribution in [2.24, 2.45) is 4.99 Å². The van der Waals surface area contributed by atoms with Crippen molar-refractivity contribution in [2.75, 3.05) is 13.2 Å². The van der Waals surface area contributed by atoms with Gasteiger partial charge < -0.3 is 9.47 Å². The summed E-state index contributed by atoms with van der Waals surface area (Å²) >= 11 is 1.30. The van der Waals surface area contributed by atoms with Gasteiger partial charge in [-0.2, -0.15) is 0 Å². The highest BCUT2D eigenvalue weighted by atomic mass is 32.1. The molecular formula is C26H24N2O4S. The van der Waals surface area contributed by atoms with E-state index in [0.717, 1.165) is 16.9 Å². The van der Waals surface area contributed by atoms with Gasteiger partial charge >= 0.3 is 5.97 Å². The van der Waals surface area contributed by atoms with Gasteiger partial charge in [-0.3, -0.25) is 9.36 Å². The van der Waals surface area contributed by atoms with E-state index in [-0.39, 0.29) is 12.2 Å². The van der Waals surface area contributed by atoms with Crippen LogP contribution in [0.5, 0.6) is 5.75 Å². The fraction of sp³-hybridized carbons (Fsp3) is 0.192. The first-order chi connectivity index (χ1) is 16.0. The molecule has 0 bridgehead atoms. The normalized spacial score (nSPS) is 15.6. The van der Waals surface area contributed by atoms with E-state index in [2.05, 4.69) is 11.6 Å². The summed E-state index contributed by atoms with van der Waals surface area (Å²) in [6, 6.07) is 16.4. The van der Waals surface area contributed by atoms with E-state index in [1.165, 1.54) is 11.3 Å². The summed E-state index contributed by atoms with van der Waals surface area (Å²) in [6.45, 7) is 7.85. The number of allylic oxidation sites excluding steroid dienone is 1. The highest BCUT2D eigenvalue weighted by molar-refractivity contribution is 7.07. The highest BCUT2D eigenvalue weighted by Gasteiger charge is 2.33. The minimum Gasteiger partial charge on any atom is -0.490 e. The monoisotopic (exact) mass is 460 g/mol.